The molecule has 2 saturated heterocycles. The molecule has 0 aliphatic carbocycles. The molecule has 2 unspecified atom stereocenters. The van der Waals surface area contributed by atoms with E-state index in [1.54, 1.807) is 4.90 Å². The first-order valence-electron chi connectivity index (χ1n) is 8.57. The molecule has 0 bridgehead atoms. The Labute approximate surface area is 152 Å². The van der Waals surface area contributed by atoms with Gasteiger partial charge in [0.15, 0.2) is 0 Å². The van der Waals surface area contributed by atoms with Crippen LogP contribution < -0.4 is 0 Å². The number of sulfonamides is 1. The Balaban J connectivity index is 1.63. The number of carbonyl (C=O) groups is 2. The number of benzene rings is 1. The van der Waals surface area contributed by atoms with E-state index < -0.39 is 22.1 Å². The maximum Gasteiger partial charge on any atom is 0.335 e. The number of aromatic carboxylic acids is 1. The molecule has 1 N–H and O–H groups in total. The van der Waals surface area contributed by atoms with Crippen LogP contribution in [0.3, 0.4) is 0 Å². The first-order chi connectivity index (χ1) is 12.3. The van der Waals surface area contributed by atoms with E-state index in [2.05, 4.69) is 0 Å². The van der Waals surface area contributed by atoms with Crippen molar-refractivity contribution in [3.8, 4) is 0 Å². The van der Waals surface area contributed by atoms with Crippen molar-refractivity contribution in [2.75, 3.05) is 26.2 Å². The van der Waals surface area contributed by atoms with E-state index in [-0.39, 0.29) is 35.6 Å². The summed E-state index contributed by atoms with van der Waals surface area (Å²) in [5.41, 5.74) is 0.0326. The molecule has 0 spiro atoms. The van der Waals surface area contributed by atoms with Gasteiger partial charge in [-0.05, 0) is 44.0 Å². The lowest BCUT2D eigenvalue weighted by Crippen LogP contribution is -2.52. The molecule has 2 heterocycles. The normalized spacial score (nSPS) is 24.6. The number of hydrogen-bond donors (Lipinski definition) is 1. The van der Waals surface area contributed by atoms with Crippen molar-refractivity contribution < 1.29 is 27.9 Å². The summed E-state index contributed by atoms with van der Waals surface area (Å²) in [4.78, 5) is 25.0. The van der Waals surface area contributed by atoms with Gasteiger partial charge in [-0.2, -0.15) is 4.31 Å². The van der Waals surface area contributed by atoms with Crippen molar-refractivity contribution in [2.45, 2.75) is 36.9 Å². The number of carboxylic acids is 1. The number of piperazine rings is 1. The molecule has 1 aromatic rings. The number of rotatable bonds is 4. The molecule has 1 aromatic carbocycles. The Hall–Kier alpha value is -1.97. The van der Waals surface area contributed by atoms with Gasteiger partial charge in [-0.15, -0.1) is 0 Å². The highest BCUT2D eigenvalue weighted by Gasteiger charge is 2.35. The number of hydrogen-bond acceptors (Lipinski definition) is 5. The monoisotopic (exact) mass is 382 g/mol. The maximum atomic E-state index is 12.7. The van der Waals surface area contributed by atoms with Crippen LogP contribution in [0.1, 0.15) is 30.1 Å². The highest BCUT2D eigenvalue weighted by Crippen LogP contribution is 2.23. The summed E-state index contributed by atoms with van der Waals surface area (Å²) in [6.45, 7) is 2.99. The predicted molar refractivity (Wildman–Crippen MR) is 92.3 cm³/mol. The summed E-state index contributed by atoms with van der Waals surface area (Å²) in [7, 11) is -3.71. The molecule has 0 radical (unpaired) electrons. The lowest BCUT2D eigenvalue weighted by molar-refractivity contribution is -0.143. The van der Waals surface area contributed by atoms with Crippen LogP contribution in [0.15, 0.2) is 29.2 Å². The van der Waals surface area contributed by atoms with Crippen LogP contribution in [0.4, 0.5) is 0 Å². The van der Waals surface area contributed by atoms with Crippen molar-refractivity contribution in [3.63, 3.8) is 0 Å². The Bertz CT molecular complexity index is 784. The van der Waals surface area contributed by atoms with Crippen molar-refractivity contribution in [1.29, 1.82) is 0 Å². The Morgan fingerprint density at radius 3 is 2.19 bits per heavy atom. The topological polar surface area (TPSA) is 104 Å². The zero-order valence-corrected chi connectivity index (χ0v) is 15.3. The van der Waals surface area contributed by atoms with Crippen LogP contribution in [-0.2, 0) is 19.6 Å². The van der Waals surface area contributed by atoms with E-state index in [4.69, 9.17) is 9.84 Å². The molecule has 1 amide bonds. The first-order valence-corrected chi connectivity index (χ1v) is 10.0. The second-order valence-corrected chi connectivity index (χ2v) is 8.51. The van der Waals surface area contributed by atoms with E-state index >= 15 is 0 Å². The van der Waals surface area contributed by atoms with E-state index in [1.807, 2.05) is 6.92 Å². The SMILES string of the molecule is CC1CCC(C(=O)N2CCN(S(=O)(=O)c3ccc(C(=O)O)cc3)CC2)O1. The third kappa shape index (κ3) is 3.74. The van der Waals surface area contributed by atoms with Gasteiger partial charge in [0.25, 0.3) is 5.91 Å². The van der Waals surface area contributed by atoms with Crippen molar-refractivity contribution in [1.82, 2.24) is 9.21 Å². The fraction of sp³-hybridized carbons (Fsp3) is 0.529. The van der Waals surface area contributed by atoms with Crippen LogP contribution in [0, 0.1) is 0 Å². The highest BCUT2D eigenvalue weighted by atomic mass is 32.2. The molecular weight excluding hydrogens is 360 g/mol. The van der Waals surface area contributed by atoms with Crippen molar-refractivity contribution in [2.24, 2.45) is 0 Å². The average Bonchev–Trinajstić information content (AvgIpc) is 3.07. The van der Waals surface area contributed by atoms with E-state index in [1.165, 1.54) is 28.6 Å². The molecule has 2 aliphatic rings. The predicted octanol–water partition coefficient (Wildman–Crippen LogP) is 0.785. The second-order valence-electron chi connectivity index (χ2n) is 6.57. The maximum absolute atomic E-state index is 12.7. The lowest BCUT2D eigenvalue weighted by atomic mass is 10.2. The summed E-state index contributed by atoms with van der Waals surface area (Å²) in [6.07, 6.45) is 1.22. The second kappa shape index (κ2) is 7.34. The lowest BCUT2D eigenvalue weighted by Gasteiger charge is -2.35. The van der Waals surface area contributed by atoms with Gasteiger partial charge >= 0.3 is 5.97 Å². The smallest absolute Gasteiger partial charge is 0.335 e. The molecule has 0 saturated carbocycles. The molecule has 142 valence electrons. The van der Waals surface area contributed by atoms with Crippen LogP contribution in [0.25, 0.3) is 0 Å². The summed E-state index contributed by atoms with van der Waals surface area (Å²) in [5, 5.41) is 8.91. The third-order valence-electron chi connectivity index (χ3n) is 4.80. The third-order valence-corrected chi connectivity index (χ3v) is 6.71. The minimum Gasteiger partial charge on any atom is -0.478 e. The fourth-order valence-corrected chi connectivity index (χ4v) is 4.68. The van der Waals surface area contributed by atoms with Crippen molar-refractivity contribution >= 4 is 21.9 Å². The number of ether oxygens (including phenoxy) is 1. The molecule has 26 heavy (non-hydrogen) atoms. The number of nitrogens with zero attached hydrogens (tertiary/aromatic N) is 2. The first kappa shape index (κ1) is 18.8. The number of carboxylic acid groups (broad SMARTS) is 1. The molecule has 3 rings (SSSR count). The molecule has 8 nitrogen and oxygen atoms in total. The Morgan fingerprint density at radius 1 is 1.08 bits per heavy atom. The molecule has 2 atom stereocenters. The van der Waals surface area contributed by atoms with Gasteiger partial charge in [-0.25, -0.2) is 13.2 Å². The summed E-state index contributed by atoms with van der Waals surface area (Å²) >= 11 is 0. The zero-order chi connectivity index (χ0) is 18.9. The molecule has 2 fully saturated rings. The minimum atomic E-state index is -3.71. The summed E-state index contributed by atoms with van der Waals surface area (Å²) in [6, 6.07) is 5.13. The standard InChI is InChI=1S/C17H22N2O6S/c1-12-2-7-15(25-12)16(20)18-8-10-19(11-9-18)26(23,24)14-5-3-13(4-6-14)17(21)22/h3-6,12,15H,2,7-11H2,1H3,(H,21,22). The van der Waals surface area contributed by atoms with Crippen molar-refractivity contribution in [3.05, 3.63) is 29.8 Å². The van der Waals surface area contributed by atoms with Gasteiger partial charge in [0.05, 0.1) is 16.6 Å². The molecular formula is C17H22N2O6S. The van der Waals surface area contributed by atoms with Crippen LogP contribution in [0.2, 0.25) is 0 Å². The van der Waals surface area contributed by atoms with Gasteiger partial charge in [0.2, 0.25) is 10.0 Å². The molecule has 9 heteroatoms. The quantitative estimate of drug-likeness (QED) is 0.825. The Kier molecular flexibility index (Phi) is 5.31. The van der Waals surface area contributed by atoms with Gasteiger partial charge in [-0.1, -0.05) is 0 Å². The number of amides is 1. The minimum absolute atomic E-state index is 0.0326. The summed E-state index contributed by atoms with van der Waals surface area (Å²) in [5.74, 6) is -1.18. The summed E-state index contributed by atoms with van der Waals surface area (Å²) < 4.78 is 32.3. The van der Waals surface area contributed by atoms with E-state index in [9.17, 15) is 18.0 Å². The fourth-order valence-electron chi connectivity index (χ4n) is 3.26. The van der Waals surface area contributed by atoms with Crippen LogP contribution in [0.5, 0.6) is 0 Å². The molecule has 2 aliphatic heterocycles. The van der Waals surface area contributed by atoms with E-state index in [0.717, 1.165) is 6.42 Å². The van der Waals surface area contributed by atoms with Gasteiger partial charge < -0.3 is 14.7 Å². The number of carbonyl (C=O) groups excluding carboxylic acids is 1. The van der Waals surface area contributed by atoms with Gasteiger partial charge in [0, 0.05) is 26.2 Å². The highest BCUT2D eigenvalue weighted by molar-refractivity contribution is 7.89. The van der Waals surface area contributed by atoms with Crippen LogP contribution >= 0.6 is 0 Å². The largest absolute Gasteiger partial charge is 0.478 e. The van der Waals surface area contributed by atoms with Gasteiger partial charge in [0.1, 0.15) is 6.10 Å². The average molecular weight is 382 g/mol. The molecule has 0 aromatic heterocycles. The van der Waals surface area contributed by atoms with Crippen LogP contribution in [-0.4, -0.2) is 73.0 Å². The van der Waals surface area contributed by atoms with E-state index in [0.29, 0.717) is 19.5 Å². The Morgan fingerprint density at radius 2 is 1.69 bits per heavy atom. The van der Waals surface area contributed by atoms with Gasteiger partial charge in [-0.3, -0.25) is 4.79 Å². The zero-order valence-electron chi connectivity index (χ0n) is 14.5.